The summed E-state index contributed by atoms with van der Waals surface area (Å²) in [6, 6.07) is 13.9. The van der Waals surface area contributed by atoms with Crippen LogP contribution in [0.15, 0.2) is 59.1 Å². The van der Waals surface area contributed by atoms with E-state index in [4.69, 9.17) is 13.9 Å². The van der Waals surface area contributed by atoms with Gasteiger partial charge in [-0.3, -0.25) is 4.79 Å². The summed E-state index contributed by atoms with van der Waals surface area (Å²) in [6.45, 7) is 0. The maximum absolute atomic E-state index is 12.3. The van der Waals surface area contributed by atoms with Crippen molar-refractivity contribution in [2.24, 2.45) is 0 Å². The molecule has 0 aliphatic carbocycles. The number of amides is 1. The van der Waals surface area contributed by atoms with E-state index in [1.807, 2.05) is 30.3 Å². The number of benzene rings is 2. The monoisotopic (exact) mass is 422 g/mol. The lowest BCUT2D eigenvalue weighted by Crippen LogP contribution is -2.14. The van der Waals surface area contributed by atoms with E-state index >= 15 is 0 Å². The number of aromatic nitrogens is 1. The number of ether oxygens (including phenoxy) is 2. The van der Waals surface area contributed by atoms with Gasteiger partial charge in [0.05, 0.1) is 31.5 Å². The number of methoxy groups -OCH3 is 2. The molecular weight excluding hydrogens is 400 g/mol. The maximum Gasteiger partial charge on any atom is 0.337 e. The lowest BCUT2D eigenvalue weighted by molar-refractivity contribution is -0.116. The molecule has 31 heavy (non-hydrogen) atoms. The Morgan fingerprint density at radius 2 is 1.61 bits per heavy atom. The highest BCUT2D eigenvalue weighted by atomic mass is 16.5. The smallest absolute Gasteiger partial charge is 0.337 e. The lowest BCUT2D eigenvalue weighted by Gasteiger charge is -2.09. The maximum atomic E-state index is 12.3. The zero-order valence-electron chi connectivity index (χ0n) is 17.2. The van der Waals surface area contributed by atoms with E-state index < -0.39 is 11.9 Å². The molecule has 0 unspecified atom stereocenters. The number of oxazole rings is 1. The van der Waals surface area contributed by atoms with Crippen molar-refractivity contribution in [1.29, 1.82) is 0 Å². The van der Waals surface area contributed by atoms with Crippen molar-refractivity contribution in [3.8, 4) is 11.3 Å². The highest BCUT2D eigenvalue weighted by Crippen LogP contribution is 2.21. The fourth-order valence-corrected chi connectivity index (χ4v) is 2.96. The van der Waals surface area contributed by atoms with E-state index in [1.54, 1.807) is 6.20 Å². The number of hydrogen-bond acceptors (Lipinski definition) is 7. The predicted molar refractivity (Wildman–Crippen MR) is 113 cm³/mol. The molecule has 3 rings (SSSR count). The highest BCUT2D eigenvalue weighted by Gasteiger charge is 2.15. The Morgan fingerprint density at radius 1 is 0.968 bits per heavy atom. The van der Waals surface area contributed by atoms with Crippen LogP contribution in [0.4, 0.5) is 5.69 Å². The second-order valence-electron chi connectivity index (χ2n) is 6.67. The summed E-state index contributed by atoms with van der Waals surface area (Å²) in [6.07, 6.45) is 2.88. The lowest BCUT2D eigenvalue weighted by atomic mass is 10.1. The summed E-state index contributed by atoms with van der Waals surface area (Å²) < 4.78 is 15.1. The van der Waals surface area contributed by atoms with E-state index in [9.17, 15) is 14.4 Å². The van der Waals surface area contributed by atoms with Gasteiger partial charge in [-0.25, -0.2) is 14.6 Å². The third-order valence-electron chi connectivity index (χ3n) is 4.47. The zero-order chi connectivity index (χ0) is 22.2. The second kappa shape index (κ2) is 10.2. The fraction of sp³-hybridized carbons (Fsp3) is 0.217. The molecule has 0 saturated carbocycles. The molecule has 0 fully saturated rings. The number of carbonyl (C=O) groups is 3. The molecule has 0 aliphatic heterocycles. The minimum Gasteiger partial charge on any atom is -0.465 e. The van der Waals surface area contributed by atoms with Gasteiger partial charge in [0, 0.05) is 24.1 Å². The highest BCUT2D eigenvalue weighted by molar-refractivity contribution is 5.99. The minimum atomic E-state index is -0.626. The first-order chi connectivity index (χ1) is 15.0. The molecule has 0 saturated heterocycles. The Hall–Kier alpha value is -3.94. The third-order valence-corrected chi connectivity index (χ3v) is 4.47. The van der Waals surface area contributed by atoms with Crippen LogP contribution in [0, 0.1) is 0 Å². The van der Waals surface area contributed by atoms with Gasteiger partial charge in [-0.1, -0.05) is 30.3 Å². The van der Waals surface area contributed by atoms with Crippen LogP contribution in [0.5, 0.6) is 0 Å². The van der Waals surface area contributed by atoms with Crippen molar-refractivity contribution in [1.82, 2.24) is 4.98 Å². The van der Waals surface area contributed by atoms with E-state index in [-0.39, 0.29) is 23.5 Å². The van der Waals surface area contributed by atoms with Gasteiger partial charge in [0.1, 0.15) is 0 Å². The molecule has 3 aromatic rings. The number of hydrogen-bond donors (Lipinski definition) is 1. The molecule has 0 atom stereocenters. The van der Waals surface area contributed by atoms with Crippen molar-refractivity contribution >= 4 is 23.5 Å². The van der Waals surface area contributed by atoms with E-state index in [0.717, 1.165) is 5.56 Å². The Balaban J connectivity index is 1.59. The van der Waals surface area contributed by atoms with Crippen molar-refractivity contribution in [2.45, 2.75) is 19.3 Å². The summed E-state index contributed by atoms with van der Waals surface area (Å²) in [5.41, 5.74) is 1.50. The van der Waals surface area contributed by atoms with E-state index in [0.29, 0.717) is 30.2 Å². The van der Waals surface area contributed by atoms with Crippen LogP contribution >= 0.6 is 0 Å². The number of carbonyl (C=O) groups excluding carboxylic acids is 3. The summed E-state index contributed by atoms with van der Waals surface area (Å²) in [5, 5.41) is 2.69. The molecule has 1 amide bonds. The fourth-order valence-electron chi connectivity index (χ4n) is 2.96. The summed E-state index contributed by atoms with van der Waals surface area (Å²) >= 11 is 0. The van der Waals surface area contributed by atoms with Gasteiger partial charge >= 0.3 is 11.9 Å². The molecule has 160 valence electrons. The normalized spacial score (nSPS) is 10.4. The van der Waals surface area contributed by atoms with Crippen LogP contribution in [-0.2, 0) is 20.7 Å². The van der Waals surface area contributed by atoms with Gasteiger partial charge in [-0.05, 0) is 24.6 Å². The molecule has 0 aliphatic rings. The Kier molecular flexibility index (Phi) is 7.16. The molecule has 0 bridgehead atoms. The number of nitrogens with one attached hydrogen (secondary N) is 1. The number of esters is 2. The predicted octanol–water partition coefficient (Wildman–Crippen LogP) is 3.88. The number of rotatable bonds is 8. The summed E-state index contributed by atoms with van der Waals surface area (Å²) in [7, 11) is 2.47. The molecular formula is C23H22N2O6. The molecule has 1 heterocycles. The first-order valence-electron chi connectivity index (χ1n) is 9.62. The largest absolute Gasteiger partial charge is 0.465 e. The molecule has 8 heteroatoms. The molecule has 8 nitrogen and oxygen atoms in total. The summed E-state index contributed by atoms with van der Waals surface area (Å²) in [5.74, 6) is -0.297. The van der Waals surface area contributed by atoms with Gasteiger partial charge in [0.15, 0.2) is 11.7 Å². The Labute approximate surface area is 179 Å². The standard InChI is InChI=1S/C23H22N2O6/c1-29-22(27)16-11-17(23(28)30-2)13-18(12-16)25-20(26)9-6-10-21-24-14-19(31-21)15-7-4-3-5-8-15/h3-5,7-8,11-14H,6,9-10H2,1-2H3,(H,25,26). The number of nitrogens with zero attached hydrogens (tertiary/aromatic N) is 1. The van der Waals surface area contributed by atoms with Crippen LogP contribution in [0.1, 0.15) is 39.4 Å². The van der Waals surface area contributed by atoms with E-state index in [1.165, 1.54) is 32.4 Å². The summed E-state index contributed by atoms with van der Waals surface area (Å²) in [4.78, 5) is 40.3. The van der Waals surface area contributed by atoms with Crippen LogP contribution in [0.25, 0.3) is 11.3 Å². The van der Waals surface area contributed by atoms with Gasteiger partial charge < -0.3 is 19.2 Å². The molecule has 0 spiro atoms. The SMILES string of the molecule is COC(=O)c1cc(NC(=O)CCCc2ncc(-c3ccccc3)o2)cc(C(=O)OC)c1. The van der Waals surface area contributed by atoms with Gasteiger partial charge in [-0.2, -0.15) is 0 Å². The molecule has 1 aromatic heterocycles. The van der Waals surface area contributed by atoms with Gasteiger partial charge in [0.2, 0.25) is 5.91 Å². The van der Waals surface area contributed by atoms with Crippen molar-refractivity contribution in [3.63, 3.8) is 0 Å². The topological polar surface area (TPSA) is 108 Å². The van der Waals surface area contributed by atoms with Gasteiger partial charge in [0.25, 0.3) is 0 Å². The minimum absolute atomic E-state index is 0.133. The number of anilines is 1. The Bertz CT molecular complexity index is 1040. The van der Waals surface area contributed by atoms with Gasteiger partial charge in [-0.15, -0.1) is 0 Å². The molecule has 0 radical (unpaired) electrons. The third kappa shape index (κ3) is 5.79. The van der Waals surface area contributed by atoms with Crippen molar-refractivity contribution in [3.05, 3.63) is 71.7 Å². The Morgan fingerprint density at radius 3 is 2.23 bits per heavy atom. The quantitative estimate of drug-likeness (QED) is 0.549. The average Bonchev–Trinajstić information content (AvgIpc) is 3.27. The van der Waals surface area contributed by atoms with Crippen LogP contribution in [0.2, 0.25) is 0 Å². The van der Waals surface area contributed by atoms with Crippen LogP contribution in [0.3, 0.4) is 0 Å². The first-order valence-corrected chi connectivity index (χ1v) is 9.62. The number of aryl methyl sites for hydroxylation is 1. The second-order valence-corrected chi connectivity index (χ2v) is 6.67. The zero-order valence-corrected chi connectivity index (χ0v) is 17.2. The average molecular weight is 422 g/mol. The van der Waals surface area contributed by atoms with Crippen molar-refractivity contribution < 1.29 is 28.3 Å². The van der Waals surface area contributed by atoms with Crippen LogP contribution in [-0.4, -0.2) is 37.0 Å². The van der Waals surface area contributed by atoms with Crippen molar-refractivity contribution in [2.75, 3.05) is 19.5 Å². The molecule has 1 N–H and O–H groups in total. The first kappa shape index (κ1) is 21.8. The van der Waals surface area contributed by atoms with E-state index in [2.05, 4.69) is 10.3 Å². The molecule has 2 aromatic carbocycles. The van der Waals surface area contributed by atoms with Crippen LogP contribution < -0.4 is 5.32 Å².